The van der Waals surface area contributed by atoms with Crippen LogP contribution in [0.2, 0.25) is 0 Å². The molecular formula is C8H6N2S. The lowest BCUT2D eigenvalue weighted by Crippen LogP contribution is -1.81. The van der Waals surface area contributed by atoms with E-state index in [1.165, 1.54) is 0 Å². The fourth-order valence-electron chi connectivity index (χ4n) is 0.832. The van der Waals surface area contributed by atoms with Gasteiger partial charge < -0.3 is 0 Å². The first-order chi connectivity index (χ1) is 5.47. The summed E-state index contributed by atoms with van der Waals surface area (Å²) in [5, 5.41) is 2.02. The van der Waals surface area contributed by atoms with Crippen LogP contribution in [0.5, 0.6) is 0 Å². The van der Waals surface area contributed by atoms with E-state index in [2.05, 4.69) is 9.97 Å². The Hall–Kier alpha value is -1.22. The van der Waals surface area contributed by atoms with Crippen LogP contribution in [0.4, 0.5) is 0 Å². The lowest BCUT2D eigenvalue weighted by atomic mass is 10.4. The maximum atomic E-state index is 4.12. The number of thiophene rings is 1. The highest BCUT2D eigenvalue weighted by molar-refractivity contribution is 7.13. The van der Waals surface area contributed by atoms with Crippen LogP contribution in [0.25, 0.3) is 10.7 Å². The Morgan fingerprint density at radius 2 is 1.91 bits per heavy atom. The molecule has 2 rings (SSSR count). The molecule has 0 aliphatic heterocycles. The van der Waals surface area contributed by atoms with Crippen LogP contribution in [-0.2, 0) is 0 Å². The van der Waals surface area contributed by atoms with E-state index >= 15 is 0 Å². The van der Waals surface area contributed by atoms with Crippen molar-refractivity contribution in [1.82, 2.24) is 9.97 Å². The highest BCUT2D eigenvalue weighted by Gasteiger charge is 1.97. The Kier molecular flexibility index (Phi) is 1.65. The summed E-state index contributed by atoms with van der Waals surface area (Å²) in [5.41, 5.74) is 0. The molecule has 0 aliphatic rings. The molecule has 0 spiro atoms. The van der Waals surface area contributed by atoms with Gasteiger partial charge in [-0.3, -0.25) is 0 Å². The molecule has 2 heterocycles. The van der Waals surface area contributed by atoms with Crippen molar-refractivity contribution in [1.29, 1.82) is 0 Å². The van der Waals surface area contributed by atoms with Gasteiger partial charge in [0.15, 0.2) is 5.82 Å². The first kappa shape index (κ1) is 6.49. The highest BCUT2D eigenvalue weighted by atomic mass is 32.1. The Morgan fingerprint density at radius 3 is 2.55 bits per heavy atom. The average molecular weight is 162 g/mol. The Labute approximate surface area is 68.6 Å². The molecule has 2 aromatic rings. The highest BCUT2D eigenvalue weighted by Crippen LogP contribution is 2.19. The summed E-state index contributed by atoms with van der Waals surface area (Å²) in [5.74, 6) is 0.808. The first-order valence-corrected chi connectivity index (χ1v) is 4.16. The Balaban J connectivity index is 2.46. The van der Waals surface area contributed by atoms with Crippen molar-refractivity contribution in [3.63, 3.8) is 0 Å². The Morgan fingerprint density at radius 1 is 1.09 bits per heavy atom. The lowest BCUT2D eigenvalue weighted by Gasteiger charge is -1.90. The number of hydrogen-bond donors (Lipinski definition) is 0. The normalized spacial score (nSPS) is 9.82. The number of rotatable bonds is 1. The molecule has 3 heteroatoms. The van der Waals surface area contributed by atoms with Crippen molar-refractivity contribution in [2.75, 3.05) is 0 Å². The summed E-state index contributed by atoms with van der Waals surface area (Å²) in [4.78, 5) is 9.36. The lowest BCUT2D eigenvalue weighted by molar-refractivity contribution is 1.19. The third-order valence-electron chi connectivity index (χ3n) is 1.31. The van der Waals surface area contributed by atoms with E-state index < -0.39 is 0 Å². The van der Waals surface area contributed by atoms with Crippen LogP contribution in [0.1, 0.15) is 0 Å². The number of nitrogens with zero attached hydrogens (tertiary/aromatic N) is 2. The van der Waals surface area contributed by atoms with E-state index in [1.54, 1.807) is 23.7 Å². The van der Waals surface area contributed by atoms with Crippen molar-refractivity contribution >= 4 is 11.3 Å². The van der Waals surface area contributed by atoms with Crippen LogP contribution in [-0.4, -0.2) is 9.97 Å². The molecule has 11 heavy (non-hydrogen) atoms. The van der Waals surface area contributed by atoms with Crippen molar-refractivity contribution < 1.29 is 0 Å². The standard InChI is InChI=1S/C8H6N2S/c1-3-7(11-6-1)8-9-4-2-5-10-8/h1-6H. The molecule has 0 fully saturated rings. The van der Waals surface area contributed by atoms with Crippen LogP contribution >= 0.6 is 11.3 Å². The molecular weight excluding hydrogens is 156 g/mol. The number of hydrogen-bond acceptors (Lipinski definition) is 3. The minimum absolute atomic E-state index is 0.808. The molecule has 0 saturated carbocycles. The average Bonchev–Trinajstić information content (AvgIpc) is 2.58. The van der Waals surface area contributed by atoms with Crippen LogP contribution in [0.15, 0.2) is 36.0 Å². The smallest absolute Gasteiger partial charge is 0.169 e. The maximum Gasteiger partial charge on any atom is 0.169 e. The molecule has 2 aromatic heterocycles. The van der Waals surface area contributed by atoms with E-state index in [0.29, 0.717) is 0 Å². The van der Waals surface area contributed by atoms with E-state index in [4.69, 9.17) is 0 Å². The zero-order valence-corrected chi connectivity index (χ0v) is 6.58. The largest absolute Gasteiger partial charge is 0.236 e. The summed E-state index contributed by atoms with van der Waals surface area (Å²) in [6, 6.07) is 5.83. The molecule has 0 N–H and O–H groups in total. The summed E-state index contributed by atoms with van der Waals surface area (Å²) in [6.07, 6.45) is 3.50. The van der Waals surface area contributed by atoms with Crippen molar-refractivity contribution in [2.24, 2.45) is 0 Å². The third-order valence-corrected chi connectivity index (χ3v) is 2.17. The van der Waals surface area contributed by atoms with Gasteiger partial charge in [-0.05, 0) is 17.5 Å². The minimum atomic E-state index is 0.808. The molecule has 0 saturated heterocycles. The molecule has 0 aromatic carbocycles. The minimum Gasteiger partial charge on any atom is -0.236 e. The van der Waals surface area contributed by atoms with Gasteiger partial charge in [-0.15, -0.1) is 11.3 Å². The molecule has 0 unspecified atom stereocenters. The third kappa shape index (κ3) is 1.28. The molecule has 0 atom stereocenters. The van der Waals surface area contributed by atoms with Crippen molar-refractivity contribution in [3.05, 3.63) is 36.0 Å². The van der Waals surface area contributed by atoms with Gasteiger partial charge >= 0.3 is 0 Å². The first-order valence-electron chi connectivity index (χ1n) is 3.28. The van der Waals surface area contributed by atoms with Crippen LogP contribution in [0, 0.1) is 0 Å². The fourth-order valence-corrected chi connectivity index (χ4v) is 1.50. The Bertz CT molecular complexity index is 315. The van der Waals surface area contributed by atoms with Gasteiger partial charge in [0, 0.05) is 12.4 Å². The quantitative estimate of drug-likeness (QED) is 0.642. The fraction of sp³-hybridized carbons (Fsp3) is 0. The second-order valence-electron chi connectivity index (χ2n) is 2.05. The molecule has 0 bridgehead atoms. The van der Waals surface area contributed by atoms with E-state index in [9.17, 15) is 0 Å². The summed E-state index contributed by atoms with van der Waals surface area (Å²) in [6.45, 7) is 0. The van der Waals surface area contributed by atoms with E-state index in [0.717, 1.165) is 10.7 Å². The predicted molar refractivity (Wildman–Crippen MR) is 45.3 cm³/mol. The molecule has 0 aliphatic carbocycles. The van der Waals surface area contributed by atoms with E-state index in [-0.39, 0.29) is 0 Å². The molecule has 2 nitrogen and oxygen atoms in total. The van der Waals surface area contributed by atoms with Crippen LogP contribution in [0.3, 0.4) is 0 Å². The SMILES string of the molecule is c1cnc(-c2cccs2)nc1. The molecule has 0 amide bonds. The zero-order valence-electron chi connectivity index (χ0n) is 5.77. The van der Waals surface area contributed by atoms with Crippen molar-refractivity contribution in [3.8, 4) is 10.7 Å². The molecule has 0 radical (unpaired) electrons. The van der Waals surface area contributed by atoms with Gasteiger partial charge in [0.25, 0.3) is 0 Å². The van der Waals surface area contributed by atoms with Gasteiger partial charge in [-0.2, -0.15) is 0 Å². The monoisotopic (exact) mass is 162 g/mol. The zero-order chi connectivity index (χ0) is 7.52. The maximum absolute atomic E-state index is 4.12. The second kappa shape index (κ2) is 2.80. The molecule has 54 valence electrons. The van der Waals surface area contributed by atoms with Gasteiger partial charge in [0.2, 0.25) is 0 Å². The van der Waals surface area contributed by atoms with E-state index in [1.807, 2.05) is 23.6 Å². The topological polar surface area (TPSA) is 25.8 Å². The summed E-state index contributed by atoms with van der Waals surface area (Å²) in [7, 11) is 0. The number of aromatic nitrogens is 2. The van der Waals surface area contributed by atoms with Gasteiger partial charge in [-0.25, -0.2) is 9.97 Å². The van der Waals surface area contributed by atoms with Crippen LogP contribution < -0.4 is 0 Å². The van der Waals surface area contributed by atoms with Gasteiger partial charge in [0.1, 0.15) is 0 Å². The summed E-state index contributed by atoms with van der Waals surface area (Å²) >= 11 is 1.65. The second-order valence-corrected chi connectivity index (χ2v) is 3.00. The predicted octanol–water partition coefficient (Wildman–Crippen LogP) is 2.21. The van der Waals surface area contributed by atoms with Gasteiger partial charge in [-0.1, -0.05) is 6.07 Å². The van der Waals surface area contributed by atoms with Crippen molar-refractivity contribution in [2.45, 2.75) is 0 Å². The summed E-state index contributed by atoms with van der Waals surface area (Å²) < 4.78 is 0. The van der Waals surface area contributed by atoms with Gasteiger partial charge in [0.05, 0.1) is 4.88 Å².